The van der Waals surface area contributed by atoms with Crippen LogP contribution in [0.5, 0.6) is 5.75 Å². The number of carbonyl (C=O) groups is 2. The molecule has 0 aliphatic carbocycles. The van der Waals surface area contributed by atoms with Crippen molar-refractivity contribution in [3.8, 4) is 5.75 Å². The SMILES string of the molecule is C=C1NC(=O)N[C@H](c2ccc(C(C)(C)C)cc2)[C@H]1C(=O)Nc1ccc(OC)cc1. The van der Waals surface area contributed by atoms with Crippen LogP contribution in [-0.2, 0) is 10.2 Å². The predicted octanol–water partition coefficient (Wildman–Crippen LogP) is 4.12. The molecule has 152 valence electrons. The van der Waals surface area contributed by atoms with Gasteiger partial charge >= 0.3 is 6.03 Å². The van der Waals surface area contributed by atoms with Gasteiger partial charge in [0.15, 0.2) is 0 Å². The third-order valence-electron chi connectivity index (χ3n) is 5.05. The Balaban J connectivity index is 1.86. The first kappa shape index (κ1) is 20.5. The van der Waals surface area contributed by atoms with Gasteiger partial charge in [-0.05, 0) is 40.8 Å². The van der Waals surface area contributed by atoms with Crippen LogP contribution >= 0.6 is 0 Å². The monoisotopic (exact) mass is 393 g/mol. The summed E-state index contributed by atoms with van der Waals surface area (Å²) in [6.45, 7) is 10.3. The smallest absolute Gasteiger partial charge is 0.319 e. The number of hydrogen-bond acceptors (Lipinski definition) is 3. The van der Waals surface area contributed by atoms with Crippen molar-refractivity contribution in [2.75, 3.05) is 12.4 Å². The quantitative estimate of drug-likeness (QED) is 0.731. The average molecular weight is 393 g/mol. The summed E-state index contributed by atoms with van der Waals surface area (Å²) in [5.74, 6) is -0.205. The minimum absolute atomic E-state index is 0.0185. The lowest BCUT2D eigenvalue weighted by Gasteiger charge is -2.34. The van der Waals surface area contributed by atoms with E-state index in [1.165, 1.54) is 5.56 Å². The van der Waals surface area contributed by atoms with Crippen LogP contribution in [0.25, 0.3) is 0 Å². The fraction of sp³-hybridized carbons (Fsp3) is 0.304. The molecule has 1 heterocycles. The number of rotatable bonds is 4. The number of urea groups is 1. The highest BCUT2D eigenvalue weighted by Crippen LogP contribution is 2.32. The summed E-state index contributed by atoms with van der Waals surface area (Å²) >= 11 is 0. The summed E-state index contributed by atoms with van der Waals surface area (Å²) in [6, 6.07) is 14.2. The van der Waals surface area contributed by atoms with Gasteiger partial charge in [-0.3, -0.25) is 4.79 Å². The second kappa shape index (κ2) is 7.99. The Bertz CT molecular complexity index is 912. The zero-order valence-electron chi connectivity index (χ0n) is 17.2. The lowest BCUT2D eigenvalue weighted by atomic mass is 9.84. The highest BCUT2D eigenvalue weighted by molar-refractivity contribution is 5.97. The van der Waals surface area contributed by atoms with Gasteiger partial charge in [0.05, 0.1) is 13.2 Å². The molecule has 0 saturated carbocycles. The first-order valence-electron chi connectivity index (χ1n) is 9.50. The van der Waals surface area contributed by atoms with E-state index in [4.69, 9.17) is 4.74 Å². The number of carbonyl (C=O) groups excluding carboxylic acids is 2. The molecule has 0 spiro atoms. The second-order valence-electron chi connectivity index (χ2n) is 8.17. The molecule has 0 radical (unpaired) electrons. The molecule has 2 aromatic carbocycles. The molecule has 3 N–H and O–H groups in total. The van der Waals surface area contributed by atoms with Crippen molar-refractivity contribution in [2.24, 2.45) is 5.92 Å². The number of amides is 3. The van der Waals surface area contributed by atoms with Crippen LogP contribution in [0, 0.1) is 5.92 Å². The van der Waals surface area contributed by atoms with Gasteiger partial charge in [0.2, 0.25) is 5.91 Å². The Morgan fingerprint density at radius 3 is 2.24 bits per heavy atom. The number of benzene rings is 2. The molecule has 2 atom stereocenters. The lowest BCUT2D eigenvalue weighted by Crippen LogP contribution is -2.51. The Morgan fingerprint density at radius 1 is 1.07 bits per heavy atom. The van der Waals surface area contributed by atoms with Crippen molar-refractivity contribution in [1.29, 1.82) is 0 Å². The fourth-order valence-electron chi connectivity index (χ4n) is 3.36. The van der Waals surface area contributed by atoms with E-state index in [1.54, 1.807) is 31.4 Å². The summed E-state index contributed by atoms with van der Waals surface area (Å²) in [7, 11) is 1.59. The van der Waals surface area contributed by atoms with Gasteiger partial charge in [-0.15, -0.1) is 0 Å². The molecule has 0 unspecified atom stereocenters. The van der Waals surface area contributed by atoms with E-state index in [2.05, 4.69) is 43.3 Å². The minimum Gasteiger partial charge on any atom is -0.497 e. The van der Waals surface area contributed by atoms with Gasteiger partial charge < -0.3 is 20.7 Å². The summed E-state index contributed by atoms with van der Waals surface area (Å²) < 4.78 is 5.14. The van der Waals surface area contributed by atoms with Gasteiger partial charge in [-0.25, -0.2) is 4.79 Å². The molecular formula is C23H27N3O3. The lowest BCUT2D eigenvalue weighted by molar-refractivity contribution is -0.119. The molecule has 6 heteroatoms. The first-order valence-corrected chi connectivity index (χ1v) is 9.50. The summed E-state index contributed by atoms with van der Waals surface area (Å²) in [5, 5.41) is 8.39. The number of anilines is 1. The van der Waals surface area contributed by atoms with Crippen LogP contribution in [0.2, 0.25) is 0 Å². The Morgan fingerprint density at radius 2 is 1.69 bits per heavy atom. The Kier molecular flexibility index (Phi) is 5.64. The van der Waals surface area contributed by atoms with Crippen LogP contribution < -0.4 is 20.7 Å². The maximum Gasteiger partial charge on any atom is 0.319 e. The van der Waals surface area contributed by atoms with Crippen molar-refractivity contribution in [3.63, 3.8) is 0 Å². The normalized spacial score (nSPS) is 19.2. The largest absolute Gasteiger partial charge is 0.497 e. The molecule has 3 amide bonds. The molecule has 2 aromatic rings. The minimum atomic E-state index is -0.657. The number of ether oxygens (including phenoxy) is 1. The van der Waals surface area contributed by atoms with Crippen LogP contribution in [0.1, 0.15) is 37.9 Å². The summed E-state index contributed by atoms with van der Waals surface area (Å²) in [6.07, 6.45) is 0. The second-order valence-corrected chi connectivity index (χ2v) is 8.17. The van der Waals surface area contributed by atoms with Gasteiger partial charge in [0, 0.05) is 11.4 Å². The molecule has 0 aromatic heterocycles. The van der Waals surface area contributed by atoms with E-state index >= 15 is 0 Å². The van der Waals surface area contributed by atoms with E-state index in [9.17, 15) is 9.59 Å². The molecule has 29 heavy (non-hydrogen) atoms. The van der Waals surface area contributed by atoms with Gasteiger partial charge in [0.1, 0.15) is 11.7 Å². The van der Waals surface area contributed by atoms with E-state index in [-0.39, 0.29) is 17.4 Å². The third kappa shape index (κ3) is 4.59. The van der Waals surface area contributed by atoms with E-state index in [0.29, 0.717) is 17.1 Å². The molecule has 1 fully saturated rings. The molecule has 0 bridgehead atoms. The molecule has 1 saturated heterocycles. The maximum absolute atomic E-state index is 13.1. The highest BCUT2D eigenvalue weighted by Gasteiger charge is 2.37. The third-order valence-corrected chi connectivity index (χ3v) is 5.05. The maximum atomic E-state index is 13.1. The zero-order chi connectivity index (χ0) is 21.2. The van der Waals surface area contributed by atoms with Crippen LogP contribution in [0.15, 0.2) is 60.8 Å². The van der Waals surface area contributed by atoms with Crippen LogP contribution in [0.3, 0.4) is 0 Å². The van der Waals surface area contributed by atoms with E-state index < -0.39 is 12.0 Å². The zero-order valence-corrected chi connectivity index (χ0v) is 17.2. The van der Waals surface area contributed by atoms with Gasteiger partial charge in [-0.1, -0.05) is 51.6 Å². The number of hydrogen-bond donors (Lipinski definition) is 3. The van der Waals surface area contributed by atoms with E-state index in [0.717, 1.165) is 5.56 Å². The Hall–Kier alpha value is -3.28. The molecule has 6 nitrogen and oxygen atoms in total. The summed E-state index contributed by atoms with van der Waals surface area (Å²) in [5.41, 5.74) is 3.06. The van der Waals surface area contributed by atoms with Crippen molar-refractivity contribution < 1.29 is 14.3 Å². The van der Waals surface area contributed by atoms with Gasteiger partial charge in [-0.2, -0.15) is 0 Å². The molecule has 1 aliphatic rings. The summed E-state index contributed by atoms with van der Waals surface area (Å²) in [4.78, 5) is 25.1. The van der Waals surface area contributed by atoms with Gasteiger partial charge in [0.25, 0.3) is 0 Å². The molecular weight excluding hydrogens is 366 g/mol. The van der Waals surface area contributed by atoms with Crippen molar-refractivity contribution >= 4 is 17.6 Å². The fourth-order valence-corrected chi connectivity index (χ4v) is 3.36. The van der Waals surface area contributed by atoms with Crippen molar-refractivity contribution in [2.45, 2.75) is 32.2 Å². The Labute approximate surface area is 171 Å². The van der Waals surface area contributed by atoms with Crippen molar-refractivity contribution in [3.05, 3.63) is 71.9 Å². The van der Waals surface area contributed by atoms with E-state index in [1.807, 2.05) is 24.3 Å². The highest BCUT2D eigenvalue weighted by atomic mass is 16.5. The molecule has 3 rings (SSSR count). The van der Waals surface area contributed by atoms with Crippen molar-refractivity contribution in [1.82, 2.24) is 10.6 Å². The average Bonchev–Trinajstić information content (AvgIpc) is 2.67. The van der Waals surface area contributed by atoms with Crippen LogP contribution in [0.4, 0.5) is 10.5 Å². The topological polar surface area (TPSA) is 79.5 Å². The first-order chi connectivity index (χ1) is 13.7. The van der Waals surface area contributed by atoms with Crippen LogP contribution in [-0.4, -0.2) is 19.0 Å². The molecule has 1 aliphatic heterocycles. The number of methoxy groups -OCH3 is 1. The number of nitrogens with one attached hydrogen (secondary N) is 3. The predicted molar refractivity (Wildman–Crippen MR) is 114 cm³/mol. The standard InChI is InChI=1S/C23H27N3O3/c1-14-19(21(27)25-17-10-12-18(29-5)13-11-17)20(26-22(28)24-14)15-6-8-16(9-7-15)23(2,3)4/h6-13,19-20H,1H2,2-5H3,(H,25,27)(H2,24,26,28)/t19-,20+/m0/s1.